The van der Waals surface area contributed by atoms with E-state index in [-0.39, 0.29) is 35.1 Å². The summed E-state index contributed by atoms with van der Waals surface area (Å²) in [6.45, 7) is 0. The summed E-state index contributed by atoms with van der Waals surface area (Å²) < 4.78 is 12.6. The summed E-state index contributed by atoms with van der Waals surface area (Å²) in [5, 5.41) is 7.09. The number of ketones is 1. The Hall–Kier alpha value is -0.400. The molecule has 0 aliphatic heterocycles. The molecule has 5 heteroatoms. The van der Waals surface area contributed by atoms with Crippen LogP contribution < -0.4 is 0 Å². The molecule has 0 aliphatic carbocycles. The van der Waals surface area contributed by atoms with Gasteiger partial charge in [-0.3, -0.25) is 4.79 Å². The van der Waals surface area contributed by atoms with E-state index in [4.69, 9.17) is 16.9 Å². The third-order valence-corrected chi connectivity index (χ3v) is 1.75. The van der Waals surface area contributed by atoms with Crippen LogP contribution in [0.5, 0.6) is 0 Å². The standard InChI is InChI=1S/C9H5ClFNO.Na/c10-8(5-12)9(13)6-2-1-3-7(11)4-6;/h1-4,8H;. The second kappa shape index (κ2) is 6.15. The quantitative estimate of drug-likeness (QED) is 0.433. The van der Waals surface area contributed by atoms with Crippen LogP contribution in [0.25, 0.3) is 0 Å². The number of nitriles is 1. The molecule has 1 aromatic rings. The van der Waals surface area contributed by atoms with Gasteiger partial charge in [-0.15, -0.1) is 0 Å². The number of Topliss-reactive ketones (excluding diaryl/α,β-unsaturated/α-hetero) is 1. The van der Waals surface area contributed by atoms with E-state index in [1.807, 2.05) is 0 Å². The van der Waals surface area contributed by atoms with Crippen LogP contribution in [0, 0.1) is 17.1 Å². The number of carbonyl (C=O) groups is 1. The van der Waals surface area contributed by atoms with Gasteiger partial charge in [-0.2, -0.15) is 5.26 Å². The normalized spacial score (nSPS) is 10.9. The molecule has 0 aliphatic rings. The third kappa shape index (κ3) is 3.39. The van der Waals surface area contributed by atoms with Crippen molar-refractivity contribution in [1.29, 1.82) is 5.26 Å². The molecule has 14 heavy (non-hydrogen) atoms. The molecule has 0 saturated heterocycles. The molecule has 0 amide bonds. The minimum Gasteiger partial charge on any atom is -0.291 e. The maximum absolute atomic E-state index is 12.6. The Morgan fingerprint density at radius 2 is 2.21 bits per heavy atom. The average molecular weight is 221 g/mol. The van der Waals surface area contributed by atoms with Gasteiger partial charge in [0.2, 0.25) is 0 Å². The SMILES string of the molecule is N#CC(Cl)C(=O)c1cccc(F)c1.[Na]. The number of hydrogen-bond acceptors (Lipinski definition) is 2. The van der Waals surface area contributed by atoms with E-state index in [0.717, 1.165) is 6.07 Å². The van der Waals surface area contributed by atoms with Crippen LogP contribution in [-0.4, -0.2) is 40.7 Å². The topological polar surface area (TPSA) is 40.9 Å². The molecule has 0 fully saturated rings. The number of nitrogens with zero attached hydrogens (tertiary/aromatic N) is 1. The van der Waals surface area contributed by atoms with Crippen molar-refractivity contribution in [3.8, 4) is 6.07 Å². The van der Waals surface area contributed by atoms with Gasteiger partial charge in [-0.05, 0) is 12.1 Å². The van der Waals surface area contributed by atoms with Gasteiger partial charge >= 0.3 is 0 Å². The van der Waals surface area contributed by atoms with Gasteiger partial charge in [0, 0.05) is 35.1 Å². The second-order valence-corrected chi connectivity index (χ2v) is 2.80. The summed E-state index contributed by atoms with van der Waals surface area (Å²) in [5.74, 6) is -1.10. The fraction of sp³-hybridized carbons (Fsp3) is 0.111. The molecule has 0 heterocycles. The molecule has 1 unspecified atom stereocenters. The molecule has 0 saturated carbocycles. The van der Waals surface area contributed by atoms with Gasteiger partial charge in [-0.1, -0.05) is 23.7 Å². The van der Waals surface area contributed by atoms with Crippen LogP contribution in [0.2, 0.25) is 0 Å². The van der Waals surface area contributed by atoms with Gasteiger partial charge in [0.15, 0.2) is 11.2 Å². The van der Waals surface area contributed by atoms with Crippen molar-refractivity contribution in [3.05, 3.63) is 35.6 Å². The Labute approximate surface area is 108 Å². The van der Waals surface area contributed by atoms with E-state index in [0.29, 0.717) is 0 Å². The average Bonchev–Trinajstić information content (AvgIpc) is 2.15. The molecule has 1 rings (SSSR count). The van der Waals surface area contributed by atoms with E-state index in [9.17, 15) is 9.18 Å². The number of hydrogen-bond donors (Lipinski definition) is 0. The molecule has 0 bridgehead atoms. The fourth-order valence-electron chi connectivity index (χ4n) is 0.847. The first-order chi connectivity index (χ1) is 6.15. The fourth-order valence-corrected chi connectivity index (χ4v) is 0.973. The third-order valence-electron chi connectivity index (χ3n) is 1.45. The Balaban J connectivity index is 0.00000169. The zero-order valence-corrected chi connectivity index (χ0v) is 10.3. The molecular formula is C9H5ClFNNaO. The van der Waals surface area contributed by atoms with Crippen LogP contribution in [0.15, 0.2) is 24.3 Å². The zero-order chi connectivity index (χ0) is 9.84. The van der Waals surface area contributed by atoms with Gasteiger partial charge in [0.25, 0.3) is 0 Å². The molecular weight excluding hydrogens is 216 g/mol. The Morgan fingerprint density at radius 1 is 1.57 bits per heavy atom. The zero-order valence-electron chi connectivity index (χ0n) is 7.50. The maximum atomic E-state index is 12.6. The predicted molar refractivity (Wildman–Crippen MR) is 51.7 cm³/mol. The number of carbonyl (C=O) groups excluding carboxylic acids is 1. The van der Waals surface area contributed by atoms with E-state index < -0.39 is 17.0 Å². The smallest absolute Gasteiger partial charge is 0.195 e. The summed E-state index contributed by atoms with van der Waals surface area (Å²) in [5.41, 5.74) is 0.113. The van der Waals surface area contributed by atoms with E-state index in [1.54, 1.807) is 6.07 Å². The molecule has 1 radical (unpaired) electrons. The summed E-state index contributed by atoms with van der Waals surface area (Å²) in [6.07, 6.45) is 0. The van der Waals surface area contributed by atoms with Gasteiger partial charge in [-0.25, -0.2) is 4.39 Å². The number of alkyl halides is 1. The van der Waals surface area contributed by atoms with Crippen LogP contribution in [0.1, 0.15) is 10.4 Å². The van der Waals surface area contributed by atoms with Crippen LogP contribution in [0.3, 0.4) is 0 Å². The van der Waals surface area contributed by atoms with Crippen molar-refractivity contribution in [1.82, 2.24) is 0 Å². The Morgan fingerprint density at radius 3 is 2.71 bits per heavy atom. The summed E-state index contributed by atoms with van der Waals surface area (Å²) >= 11 is 5.37. The molecule has 0 N–H and O–H groups in total. The molecule has 0 spiro atoms. The van der Waals surface area contributed by atoms with Gasteiger partial charge < -0.3 is 0 Å². The molecule has 1 atom stereocenters. The second-order valence-electron chi connectivity index (χ2n) is 2.37. The summed E-state index contributed by atoms with van der Waals surface area (Å²) in [7, 11) is 0. The minimum atomic E-state index is -1.25. The number of benzene rings is 1. The van der Waals surface area contributed by atoms with Crippen molar-refractivity contribution < 1.29 is 9.18 Å². The predicted octanol–water partition coefficient (Wildman–Crippen LogP) is 1.76. The largest absolute Gasteiger partial charge is 0.291 e. The van der Waals surface area contributed by atoms with E-state index in [1.165, 1.54) is 18.2 Å². The van der Waals surface area contributed by atoms with Crippen LogP contribution in [0.4, 0.5) is 4.39 Å². The molecule has 2 nitrogen and oxygen atoms in total. The first-order valence-electron chi connectivity index (χ1n) is 3.48. The molecule has 67 valence electrons. The van der Waals surface area contributed by atoms with Gasteiger partial charge in [0.1, 0.15) is 5.82 Å². The van der Waals surface area contributed by atoms with E-state index in [2.05, 4.69) is 0 Å². The molecule has 1 aromatic carbocycles. The Kier molecular flexibility index (Phi) is 5.98. The van der Waals surface area contributed by atoms with Crippen molar-refractivity contribution in [2.75, 3.05) is 0 Å². The van der Waals surface area contributed by atoms with Crippen LogP contribution in [-0.2, 0) is 0 Å². The minimum absolute atomic E-state index is 0. The summed E-state index contributed by atoms with van der Waals surface area (Å²) in [6, 6.07) is 6.65. The van der Waals surface area contributed by atoms with Crippen molar-refractivity contribution >= 4 is 46.9 Å². The van der Waals surface area contributed by atoms with Crippen molar-refractivity contribution in [3.63, 3.8) is 0 Å². The molecule has 0 aromatic heterocycles. The van der Waals surface area contributed by atoms with Crippen molar-refractivity contribution in [2.45, 2.75) is 5.38 Å². The number of rotatable bonds is 2. The number of halogens is 2. The Bertz CT molecular complexity index is 377. The summed E-state index contributed by atoms with van der Waals surface area (Å²) in [4.78, 5) is 11.2. The van der Waals surface area contributed by atoms with Gasteiger partial charge in [0.05, 0.1) is 6.07 Å². The van der Waals surface area contributed by atoms with Crippen LogP contribution >= 0.6 is 11.6 Å². The first-order valence-corrected chi connectivity index (χ1v) is 3.92. The monoisotopic (exact) mass is 220 g/mol. The first kappa shape index (κ1) is 13.6. The van der Waals surface area contributed by atoms with Crippen molar-refractivity contribution in [2.24, 2.45) is 0 Å². The maximum Gasteiger partial charge on any atom is 0.195 e. The van der Waals surface area contributed by atoms with E-state index >= 15 is 0 Å².